The molecular weight excluding hydrogens is 447 g/mol. The second-order valence-corrected chi connectivity index (χ2v) is 9.09. The molecule has 1 saturated carbocycles. The van der Waals surface area contributed by atoms with Crippen molar-refractivity contribution in [1.29, 1.82) is 0 Å². The predicted molar refractivity (Wildman–Crippen MR) is 123 cm³/mol. The van der Waals surface area contributed by atoms with Crippen molar-refractivity contribution >= 4 is 39.1 Å². The molecule has 2 aromatic heterocycles. The van der Waals surface area contributed by atoms with Crippen LogP contribution >= 0.6 is 11.6 Å². The Labute approximate surface area is 193 Å². The summed E-state index contributed by atoms with van der Waals surface area (Å²) in [5.41, 5.74) is 0.474. The van der Waals surface area contributed by atoms with E-state index in [1.807, 2.05) is 4.90 Å². The largest absolute Gasteiger partial charge is 0.508 e. The van der Waals surface area contributed by atoms with E-state index in [0.29, 0.717) is 45.0 Å². The molecule has 3 atom stereocenters. The molecule has 0 radical (unpaired) electrons. The monoisotopic (exact) mass is 466 g/mol. The van der Waals surface area contributed by atoms with E-state index in [-0.39, 0.29) is 35.0 Å². The summed E-state index contributed by atoms with van der Waals surface area (Å²) in [6.07, 6.45) is 2.01. The standard InChI is InChI=1S/C24H20ClFN4O3/c1-33-24-28-22-15(23(29-24)30-9-12-6-18(32)16(12)10-30)8-27-21(20(22)26)14-7-13(31)5-11-3-2-4-17(25)19(11)14/h2-5,7-8,12,16,18,31-32H,6,9-10H2,1H3/t12?,16?,18-/m1/s1. The summed E-state index contributed by atoms with van der Waals surface area (Å²) in [4.78, 5) is 15.2. The second-order valence-electron chi connectivity index (χ2n) is 8.68. The van der Waals surface area contributed by atoms with E-state index in [0.717, 1.165) is 13.0 Å². The van der Waals surface area contributed by atoms with E-state index in [1.165, 1.54) is 13.2 Å². The molecule has 9 heteroatoms. The Morgan fingerprint density at radius 1 is 1.21 bits per heavy atom. The highest BCUT2D eigenvalue weighted by atomic mass is 35.5. The first-order valence-electron chi connectivity index (χ1n) is 10.7. The number of halogens is 2. The lowest BCUT2D eigenvalue weighted by atomic mass is 9.74. The fraction of sp³-hybridized carbons (Fsp3) is 0.292. The zero-order chi connectivity index (χ0) is 22.9. The van der Waals surface area contributed by atoms with Crippen molar-refractivity contribution in [2.24, 2.45) is 11.8 Å². The molecule has 6 rings (SSSR count). The van der Waals surface area contributed by atoms with Crippen molar-refractivity contribution < 1.29 is 19.3 Å². The van der Waals surface area contributed by atoms with Crippen LogP contribution in [0.3, 0.4) is 0 Å². The molecule has 1 aliphatic carbocycles. The Hall–Kier alpha value is -3.23. The molecule has 2 aliphatic rings. The SMILES string of the molecule is COc1nc(N2CC3C[C@@H](O)C3C2)c2cnc(-c3cc(O)cc4cccc(Cl)c34)c(F)c2n1. The third-order valence-electron chi connectivity index (χ3n) is 6.82. The van der Waals surface area contributed by atoms with E-state index in [2.05, 4.69) is 15.0 Å². The van der Waals surface area contributed by atoms with Gasteiger partial charge >= 0.3 is 6.01 Å². The fourth-order valence-electron chi connectivity index (χ4n) is 5.14. The van der Waals surface area contributed by atoms with Crippen LogP contribution in [0.4, 0.5) is 10.2 Å². The molecule has 2 N–H and O–H groups in total. The maximum Gasteiger partial charge on any atom is 0.318 e. The molecule has 7 nitrogen and oxygen atoms in total. The van der Waals surface area contributed by atoms with Gasteiger partial charge in [-0.05, 0) is 35.9 Å². The maximum absolute atomic E-state index is 16.0. The van der Waals surface area contributed by atoms with Crippen LogP contribution in [0.5, 0.6) is 11.8 Å². The van der Waals surface area contributed by atoms with Crippen LogP contribution in [0.1, 0.15) is 6.42 Å². The van der Waals surface area contributed by atoms with E-state index in [9.17, 15) is 10.2 Å². The summed E-state index contributed by atoms with van der Waals surface area (Å²) >= 11 is 6.43. The number of methoxy groups -OCH3 is 1. The molecule has 0 bridgehead atoms. The van der Waals surface area contributed by atoms with Crippen molar-refractivity contribution in [1.82, 2.24) is 15.0 Å². The van der Waals surface area contributed by atoms with Crippen molar-refractivity contribution in [3.05, 3.63) is 47.4 Å². The number of ether oxygens (including phenoxy) is 1. The summed E-state index contributed by atoms with van der Waals surface area (Å²) in [5, 5.41) is 22.4. The van der Waals surface area contributed by atoms with Gasteiger partial charge in [-0.25, -0.2) is 4.39 Å². The summed E-state index contributed by atoms with van der Waals surface area (Å²) < 4.78 is 21.2. The van der Waals surface area contributed by atoms with Crippen LogP contribution in [0.15, 0.2) is 36.5 Å². The molecular formula is C24H20ClFN4O3. The van der Waals surface area contributed by atoms with Gasteiger partial charge < -0.3 is 19.8 Å². The number of aliphatic hydroxyl groups is 1. The third kappa shape index (κ3) is 3.08. The number of phenols is 1. The summed E-state index contributed by atoms with van der Waals surface area (Å²) in [7, 11) is 1.44. The van der Waals surface area contributed by atoms with Gasteiger partial charge in [0.25, 0.3) is 0 Å². The van der Waals surface area contributed by atoms with Crippen molar-refractivity contribution in [2.45, 2.75) is 12.5 Å². The van der Waals surface area contributed by atoms with E-state index >= 15 is 4.39 Å². The van der Waals surface area contributed by atoms with Gasteiger partial charge in [-0.15, -0.1) is 0 Å². The number of aliphatic hydroxyl groups excluding tert-OH is 1. The van der Waals surface area contributed by atoms with Gasteiger partial charge in [-0.3, -0.25) is 4.98 Å². The highest BCUT2D eigenvalue weighted by Crippen LogP contribution is 2.44. The highest BCUT2D eigenvalue weighted by molar-refractivity contribution is 6.36. The number of aromatic hydroxyl groups is 1. The first-order valence-corrected chi connectivity index (χ1v) is 11.1. The minimum absolute atomic E-state index is 0.0203. The normalized spacial score (nSPS) is 21.9. The topological polar surface area (TPSA) is 91.6 Å². The Kier molecular flexibility index (Phi) is 4.57. The Morgan fingerprint density at radius 2 is 2.06 bits per heavy atom. The molecule has 168 valence electrons. The smallest absolute Gasteiger partial charge is 0.318 e. The third-order valence-corrected chi connectivity index (χ3v) is 7.14. The van der Waals surface area contributed by atoms with Crippen molar-refractivity contribution in [3.63, 3.8) is 0 Å². The average molecular weight is 467 g/mol. The molecule has 0 spiro atoms. The number of pyridine rings is 1. The molecule has 1 saturated heterocycles. The number of hydrogen-bond acceptors (Lipinski definition) is 7. The van der Waals surface area contributed by atoms with Gasteiger partial charge in [-0.1, -0.05) is 23.7 Å². The van der Waals surface area contributed by atoms with Crippen molar-refractivity contribution in [2.75, 3.05) is 25.1 Å². The van der Waals surface area contributed by atoms with Gasteiger partial charge in [0.2, 0.25) is 0 Å². The quantitative estimate of drug-likeness (QED) is 0.468. The number of rotatable bonds is 3. The number of fused-ring (bicyclic) bond motifs is 3. The number of benzene rings is 2. The second kappa shape index (κ2) is 7.40. The summed E-state index contributed by atoms with van der Waals surface area (Å²) in [6.45, 7) is 1.37. The molecule has 4 aromatic rings. The van der Waals surface area contributed by atoms with Crippen molar-refractivity contribution in [3.8, 4) is 23.0 Å². The zero-order valence-electron chi connectivity index (χ0n) is 17.7. The number of anilines is 1. The predicted octanol–water partition coefficient (Wildman–Crippen LogP) is 4.17. The summed E-state index contributed by atoms with van der Waals surface area (Å²) in [6, 6.07) is 8.34. The lowest BCUT2D eigenvalue weighted by Crippen LogP contribution is -2.39. The summed E-state index contributed by atoms with van der Waals surface area (Å²) in [5.74, 6) is 0.458. The number of aromatic nitrogens is 3. The van der Waals surface area contributed by atoms with Gasteiger partial charge in [0.1, 0.15) is 22.8 Å². The minimum atomic E-state index is -0.650. The Balaban J connectivity index is 1.56. The number of nitrogens with zero attached hydrogens (tertiary/aromatic N) is 4. The molecule has 33 heavy (non-hydrogen) atoms. The Bertz CT molecular complexity index is 1430. The van der Waals surface area contributed by atoms with Gasteiger partial charge in [0, 0.05) is 41.2 Å². The van der Waals surface area contributed by atoms with Crippen LogP contribution in [-0.2, 0) is 0 Å². The van der Waals surface area contributed by atoms with Gasteiger partial charge in [0.05, 0.1) is 18.6 Å². The molecule has 2 aromatic carbocycles. The van der Waals surface area contributed by atoms with Crippen LogP contribution in [0.2, 0.25) is 5.02 Å². The maximum atomic E-state index is 16.0. The van der Waals surface area contributed by atoms with Crippen LogP contribution < -0.4 is 9.64 Å². The number of phenolic OH excluding ortho intramolecular Hbond substituents is 1. The lowest BCUT2D eigenvalue weighted by molar-refractivity contribution is -0.00398. The Morgan fingerprint density at radius 3 is 2.82 bits per heavy atom. The minimum Gasteiger partial charge on any atom is -0.508 e. The molecule has 2 unspecified atom stereocenters. The average Bonchev–Trinajstić information content (AvgIpc) is 3.15. The zero-order valence-corrected chi connectivity index (χ0v) is 18.4. The van der Waals surface area contributed by atoms with Gasteiger partial charge in [-0.2, -0.15) is 9.97 Å². The molecule has 3 heterocycles. The van der Waals surface area contributed by atoms with Gasteiger partial charge in [0.15, 0.2) is 5.82 Å². The fourth-order valence-corrected chi connectivity index (χ4v) is 5.42. The highest BCUT2D eigenvalue weighted by Gasteiger charge is 2.47. The lowest BCUT2D eigenvalue weighted by Gasteiger charge is -2.34. The first-order chi connectivity index (χ1) is 15.9. The molecule has 2 fully saturated rings. The van der Waals surface area contributed by atoms with Crippen LogP contribution in [-0.4, -0.2) is 51.5 Å². The molecule has 0 amide bonds. The first kappa shape index (κ1) is 20.4. The van der Waals surface area contributed by atoms with E-state index in [4.69, 9.17) is 16.3 Å². The van der Waals surface area contributed by atoms with Crippen LogP contribution in [0, 0.1) is 17.7 Å². The van der Waals surface area contributed by atoms with E-state index in [1.54, 1.807) is 30.5 Å². The van der Waals surface area contributed by atoms with Crippen LogP contribution in [0.25, 0.3) is 32.9 Å². The van der Waals surface area contributed by atoms with E-state index < -0.39 is 5.82 Å². The number of hydrogen-bond donors (Lipinski definition) is 2. The molecule has 1 aliphatic heterocycles.